The van der Waals surface area contributed by atoms with E-state index in [1.54, 1.807) is 0 Å². The Morgan fingerprint density at radius 3 is 2.25 bits per heavy atom. The van der Waals surface area contributed by atoms with E-state index in [9.17, 15) is 0 Å². The molecule has 0 bridgehead atoms. The minimum Gasteiger partial charge on any atom is -0.370 e. The van der Waals surface area contributed by atoms with Crippen molar-refractivity contribution in [2.45, 2.75) is 53.0 Å². The van der Waals surface area contributed by atoms with Gasteiger partial charge in [-0.1, -0.05) is 62.7 Å². The molecule has 0 saturated carbocycles. The van der Waals surface area contributed by atoms with E-state index < -0.39 is 0 Å². The predicted molar refractivity (Wildman–Crippen MR) is 90.8 cm³/mol. The van der Waals surface area contributed by atoms with Gasteiger partial charge in [0, 0.05) is 4.47 Å². The van der Waals surface area contributed by atoms with E-state index in [1.165, 1.54) is 5.56 Å². The standard InChI is InChI=1S/C16H26BrN3/c1-15(2,3)10-16(4,5)12-8-11(6-7-13(12)17)9-20-14(18)19/h6-8H,9-10H2,1-5H3,(H4,18,19,20). The Balaban J connectivity index is 3.10. The molecule has 112 valence electrons. The SMILES string of the molecule is CC(C)(C)CC(C)(C)c1cc(CN=C(N)N)ccc1Br. The monoisotopic (exact) mass is 339 g/mol. The average molecular weight is 340 g/mol. The minimum atomic E-state index is 0.0884. The van der Waals surface area contributed by atoms with Gasteiger partial charge in [0.15, 0.2) is 5.96 Å². The number of rotatable bonds is 4. The maximum absolute atomic E-state index is 5.40. The molecule has 4 N–H and O–H groups in total. The lowest BCUT2D eigenvalue weighted by atomic mass is 9.72. The second kappa shape index (κ2) is 6.17. The molecule has 0 aliphatic carbocycles. The number of nitrogens with zero attached hydrogens (tertiary/aromatic N) is 1. The maximum Gasteiger partial charge on any atom is 0.186 e. The van der Waals surface area contributed by atoms with E-state index in [0.717, 1.165) is 16.5 Å². The summed E-state index contributed by atoms with van der Waals surface area (Å²) in [4.78, 5) is 4.08. The molecule has 1 rings (SSSR count). The lowest BCUT2D eigenvalue weighted by Crippen LogP contribution is -2.25. The largest absolute Gasteiger partial charge is 0.370 e. The van der Waals surface area contributed by atoms with Gasteiger partial charge in [-0.3, -0.25) is 0 Å². The first-order chi connectivity index (χ1) is 9.01. The highest BCUT2D eigenvalue weighted by molar-refractivity contribution is 9.10. The van der Waals surface area contributed by atoms with Gasteiger partial charge in [-0.2, -0.15) is 0 Å². The molecule has 0 atom stereocenters. The van der Waals surface area contributed by atoms with Crippen LogP contribution in [0.2, 0.25) is 0 Å². The van der Waals surface area contributed by atoms with Crippen LogP contribution < -0.4 is 11.5 Å². The Kier molecular flexibility index (Phi) is 5.25. The summed E-state index contributed by atoms with van der Waals surface area (Å²) in [5.41, 5.74) is 13.6. The molecule has 0 radical (unpaired) electrons. The zero-order chi connectivity index (χ0) is 15.6. The summed E-state index contributed by atoms with van der Waals surface area (Å²) < 4.78 is 1.14. The number of nitrogens with two attached hydrogens (primary N) is 2. The third-order valence-corrected chi connectivity index (χ3v) is 3.87. The molecule has 0 saturated heterocycles. The normalized spacial score (nSPS) is 12.3. The van der Waals surface area contributed by atoms with Gasteiger partial charge in [-0.25, -0.2) is 4.99 Å². The molecule has 0 heterocycles. The molecule has 4 heteroatoms. The van der Waals surface area contributed by atoms with Gasteiger partial charge < -0.3 is 11.5 Å². The van der Waals surface area contributed by atoms with Gasteiger partial charge in [-0.05, 0) is 34.4 Å². The van der Waals surface area contributed by atoms with Crippen molar-refractivity contribution in [1.29, 1.82) is 0 Å². The van der Waals surface area contributed by atoms with Crippen molar-refractivity contribution in [2.75, 3.05) is 0 Å². The maximum atomic E-state index is 5.40. The Morgan fingerprint density at radius 1 is 1.15 bits per heavy atom. The van der Waals surface area contributed by atoms with Gasteiger partial charge in [0.2, 0.25) is 0 Å². The topological polar surface area (TPSA) is 64.4 Å². The summed E-state index contributed by atoms with van der Waals surface area (Å²) in [6.45, 7) is 11.9. The third kappa shape index (κ3) is 5.16. The van der Waals surface area contributed by atoms with Crippen molar-refractivity contribution in [3.63, 3.8) is 0 Å². The van der Waals surface area contributed by atoms with E-state index in [2.05, 4.69) is 67.7 Å². The van der Waals surface area contributed by atoms with Gasteiger partial charge in [-0.15, -0.1) is 0 Å². The van der Waals surface area contributed by atoms with Crippen LogP contribution >= 0.6 is 15.9 Å². The van der Waals surface area contributed by atoms with Crippen LogP contribution in [0.25, 0.3) is 0 Å². The molecule has 1 aromatic rings. The Morgan fingerprint density at radius 2 is 1.75 bits per heavy atom. The highest BCUT2D eigenvalue weighted by Crippen LogP contribution is 2.39. The fourth-order valence-electron chi connectivity index (χ4n) is 2.79. The Labute approximate surface area is 131 Å². The number of hydrogen-bond acceptors (Lipinski definition) is 1. The third-order valence-electron chi connectivity index (χ3n) is 3.18. The molecule has 3 nitrogen and oxygen atoms in total. The van der Waals surface area contributed by atoms with Crippen molar-refractivity contribution in [3.8, 4) is 0 Å². The van der Waals surface area contributed by atoms with E-state index in [0.29, 0.717) is 6.54 Å². The molecule has 0 aliphatic rings. The van der Waals surface area contributed by atoms with E-state index in [4.69, 9.17) is 11.5 Å². The summed E-state index contributed by atoms with van der Waals surface area (Å²) in [7, 11) is 0. The van der Waals surface area contributed by atoms with Gasteiger partial charge >= 0.3 is 0 Å². The van der Waals surface area contributed by atoms with E-state index in [-0.39, 0.29) is 16.8 Å². The number of guanidine groups is 1. The molecule has 1 aromatic carbocycles. The number of halogens is 1. The zero-order valence-corrected chi connectivity index (χ0v) is 14.7. The highest BCUT2D eigenvalue weighted by atomic mass is 79.9. The molecule has 0 unspecified atom stereocenters. The molecule has 0 aromatic heterocycles. The van der Waals surface area contributed by atoms with Gasteiger partial charge in [0.05, 0.1) is 6.54 Å². The molecule has 20 heavy (non-hydrogen) atoms. The van der Waals surface area contributed by atoms with E-state index in [1.807, 2.05) is 6.07 Å². The molecular formula is C16H26BrN3. The summed E-state index contributed by atoms with van der Waals surface area (Å²) >= 11 is 3.67. The second-order valence-corrected chi connectivity index (χ2v) is 8.03. The Hall–Kier alpha value is -1.03. The van der Waals surface area contributed by atoms with Crippen LogP contribution in [-0.4, -0.2) is 5.96 Å². The first-order valence-corrected chi connectivity index (χ1v) is 7.65. The van der Waals surface area contributed by atoms with Crippen molar-refractivity contribution in [1.82, 2.24) is 0 Å². The summed E-state index contributed by atoms with van der Waals surface area (Å²) in [5.74, 6) is 0.128. The molecule has 0 spiro atoms. The van der Waals surface area contributed by atoms with E-state index >= 15 is 0 Å². The van der Waals surface area contributed by atoms with Crippen LogP contribution in [0.15, 0.2) is 27.7 Å². The van der Waals surface area contributed by atoms with Gasteiger partial charge in [0.25, 0.3) is 0 Å². The molecule has 0 fully saturated rings. The lowest BCUT2D eigenvalue weighted by molar-refractivity contribution is 0.283. The van der Waals surface area contributed by atoms with Crippen molar-refractivity contribution < 1.29 is 0 Å². The summed E-state index contributed by atoms with van der Waals surface area (Å²) in [5, 5.41) is 0. The fourth-order valence-corrected chi connectivity index (χ4v) is 3.58. The quantitative estimate of drug-likeness (QED) is 0.644. The molecular weight excluding hydrogens is 314 g/mol. The Bertz CT molecular complexity index is 495. The minimum absolute atomic E-state index is 0.0884. The predicted octanol–water partition coefficient (Wildman–Crippen LogP) is 3.94. The smallest absolute Gasteiger partial charge is 0.186 e. The first-order valence-electron chi connectivity index (χ1n) is 6.85. The number of aliphatic imine (C=N–C) groups is 1. The summed E-state index contributed by atoms with van der Waals surface area (Å²) in [6, 6.07) is 6.33. The molecule has 0 amide bonds. The van der Waals surface area contributed by atoms with Crippen LogP contribution in [-0.2, 0) is 12.0 Å². The van der Waals surface area contributed by atoms with Crippen LogP contribution in [0.4, 0.5) is 0 Å². The van der Waals surface area contributed by atoms with Gasteiger partial charge in [0.1, 0.15) is 0 Å². The molecule has 0 aliphatic heterocycles. The van der Waals surface area contributed by atoms with Crippen molar-refractivity contribution in [3.05, 3.63) is 33.8 Å². The fraction of sp³-hybridized carbons (Fsp3) is 0.562. The first kappa shape index (κ1) is 17.0. The van der Waals surface area contributed by atoms with Crippen LogP contribution in [0.5, 0.6) is 0 Å². The van der Waals surface area contributed by atoms with Crippen LogP contribution in [0.3, 0.4) is 0 Å². The zero-order valence-electron chi connectivity index (χ0n) is 13.1. The number of benzene rings is 1. The lowest BCUT2D eigenvalue weighted by Gasteiger charge is -2.34. The average Bonchev–Trinajstić information content (AvgIpc) is 2.24. The van der Waals surface area contributed by atoms with Crippen LogP contribution in [0.1, 0.15) is 52.2 Å². The second-order valence-electron chi connectivity index (χ2n) is 7.18. The van der Waals surface area contributed by atoms with Crippen molar-refractivity contribution in [2.24, 2.45) is 21.9 Å². The highest BCUT2D eigenvalue weighted by Gasteiger charge is 2.29. The number of hydrogen-bond donors (Lipinski definition) is 2. The summed E-state index contributed by atoms with van der Waals surface area (Å²) in [6.07, 6.45) is 1.10. The van der Waals surface area contributed by atoms with Crippen molar-refractivity contribution >= 4 is 21.9 Å². The van der Waals surface area contributed by atoms with Crippen LogP contribution in [0, 0.1) is 5.41 Å².